The number of hydrogen-bond donors (Lipinski definition) is 0. The Morgan fingerprint density at radius 1 is 1.09 bits per heavy atom. The predicted molar refractivity (Wildman–Crippen MR) is 84.5 cm³/mol. The zero-order chi connectivity index (χ0) is 16.4. The molecule has 1 aromatic carbocycles. The smallest absolute Gasteiger partial charge is 0.308 e. The number of hydrogen-bond acceptors (Lipinski definition) is 5. The van der Waals surface area contributed by atoms with Crippen molar-refractivity contribution in [1.82, 2.24) is 0 Å². The third-order valence-electron chi connectivity index (χ3n) is 3.41. The molecule has 0 saturated carbocycles. The second kappa shape index (κ2) is 5.96. The number of benzene rings is 2. The molecule has 0 saturated heterocycles. The average molecular weight is 310 g/mol. The molecule has 2 aliphatic carbocycles. The molecule has 2 aromatic rings. The Bertz CT molecular complexity index is 1030. The van der Waals surface area contributed by atoms with Crippen LogP contribution in [0.15, 0.2) is 57.9 Å². The third-order valence-corrected chi connectivity index (χ3v) is 3.41. The topological polar surface area (TPSA) is 65.7 Å². The lowest BCUT2D eigenvalue weighted by Crippen LogP contribution is -2.02. The second-order valence-corrected chi connectivity index (χ2v) is 4.95. The van der Waals surface area contributed by atoms with E-state index in [9.17, 15) is 9.59 Å². The normalized spacial score (nSPS) is 10.5. The van der Waals surface area contributed by atoms with Crippen LogP contribution >= 0.6 is 0 Å². The van der Waals surface area contributed by atoms with E-state index in [1.807, 2.05) is 6.07 Å². The molecule has 1 heterocycles. The third kappa shape index (κ3) is 2.94. The highest BCUT2D eigenvalue weighted by atomic mass is 16.5. The summed E-state index contributed by atoms with van der Waals surface area (Å²) in [4.78, 5) is 22.0. The van der Waals surface area contributed by atoms with Crippen molar-refractivity contribution in [2.45, 2.75) is 6.92 Å². The van der Waals surface area contributed by atoms with Crippen LogP contribution in [0.25, 0.3) is 11.0 Å². The number of rotatable bonds is 2. The van der Waals surface area contributed by atoms with Gasteiger partial charge in [-0.05, 0) is 23.4 Å². The van der Waals surface area contributed by atoms with Gasteiger partial charge in [0.25, 0.3) is 0 Å². The molecule has 0 atom stereocenters. The highest BCUT2D eigenvalue weighted by Crippen LogP contribution is 2.22. The molecule has 0 aliphatic heterocycles. The first-order valence-electron chi connectivity index (χ1n) is 6.97. The zero-order valence-electron chi connectivity index (χ0n) is 12.7. The molecule has 23 heavy (non-hydrogen) atoms. The molecule has 0 radical (unpaired) electrons. The molecule has 5 heteroatoms. The molecule has 0 bridgehead atoms. The van der Waals surface area contributed by atoms with Gasteiger partial charge in [-0.3, -0.25) is 9.59 Å². The summed E-state index contributed by atoms with van der Waals surface area (Å²) in [6, 6.07) is 12.2. The van der Waals surface area contributed by atoms with Crippen LogP contribution in [-0.4, -0.2) is 13.1 Å². The Morgan fingerprint density at radius 2 is 1.91 bits per heavy atom. The fourth-order valence-electron chi connectivity index (χ4n) is 2.22. The zero-order valence-corrected chi connectivity index (χ0v) is 12.7. The largest absolute Gasteiger partial charge is 0.496 e. The molecule has 1 aromatic heterocycles. The lowest BCUT2D eigenvalue weighted by molar-refractivity contribution is -0.131. The molecule has 0 spiro atoms. The van der Waals surface area contributed by atoms with E-state index >= 15 is 0 Å². The van der Waals surface area contributed by atoms with E-state index in [0.29, 0.717) is 16.7 Å². The van der Waals surface area contributed by atoms with Crippen LogP contribution < -0.4 is 14.9 Å². The van der Waals surface area contributed by atoms with Crippen LogP contribution in [0.4, 0.5) is 0 Å². The van der Waals surface area contributed by atoms with Crippen molar-refractivity contribution in [1.29, 1.82) is 0 Å². The van der Waals surface area contributed by atoms with Gasteiger partial charge in [0.05, 0.1) is 18.8 Å². The summed E-state index contributed by atoms with van der Waals surface area (Å²) >= 11 is 0. The molecule has 5 nitrogen and oxygen atoms in total. The molecule has 2 aliphatic rings. The van der Waals surface area contributed by atoms with Gasteiger partial charge < -0.3 is 13.9 Å². The maximum absolute atomic E-state index is 11.3. The minimum Gasteiger partial charge on any atom is -0.496 e. The lowest BCUT2D eigenvalue weighted by Gasteiger charge is -2.08. The van der Waals surface area contributed by atoms with Gasteiger partial charge in [-0.1, -0.05) is 12.1 Å². The summed E-state index contributed by atoms with van der Waals surface area (Å²) in [5.41, 5.74) is 0.284. The van der Waals surface area contributed by atoms with Gasteiger partial charge in [-0.25, -0.2) is 0 Å². The van der Waals surface area contributed by atoms with Gasteiger partial charge in [0, 0.05) is 24.3 Å². The minimum atomic E-state index is -0.410. The number of methoxy groups -OCH3 is 1. The highest BCUT2D eigenvalue weighted by molar-refractivity contribution is 5.79. The maximum Gasteiger partial charge on any atom is 0.308 e. The Balaban J connectivity index is 0.000000162. The van der Waals surface area contributed by atoms with Crippen LogP contribution in [0.1, 0.15) is 6.92 Å². The standard InChI is InChI=1S/C11H8O4.C7H6O/c1-7(12)15-8-2-3-9-10(13)4-5-14-11(9)6-8;1-8-7-4-5-2-3-6(5)7/h2-6H,1H3;2-4H,1H3. The van der Waals surface area contributed by atoms with Gasteiger partial charge in [0.15, 0.2) is 5.43 Å². The number of fused-ring (bicyclic) bond motifs is 1. The molecule has 116 valence electrons. The Hall–Kier alpha value is -3.08. The second-order valence-electron chi connectivity index (χ2n) is 4.95. The first-order chi connectivity index (χ1) is 11.1. The van der Waals surface area contributed by atoms with Gasteiger partial charge in [0.2, 0.25) is 0 Å². The number of ether oxygens (including phenoxy) is 2. The van der Waals surface area contributed by atoms with Gasteiger partial charge in [0.1, 0.15) is 17.1 Å². The van der Waals surface area contributed by atoms with Crippen molar-refractivity contribution in [3.05, 3.63) is 69.4 Å². The SMILES string of the molecule is CC(=O)Oc1ccc2c(=O)ccoc2c1.COc1cc2ccc1=2. The van der Waals surface area contributed by atoms with Crippen molar-refractivity contribution >= 4 is 16.9 Å². The number of esters is 1. The molecule has 0 N–H and O–H groups in total. The fourth-order valence-corrected chi connectivity index (χ4v) is 2.22. The average Bonchev–Trinajstić information content (AvgIpc) is 2.50. The van der Waals surface area contributed by atoms with E-state index in [0.717, 1.165) is 5.75 Å². The summed E-state index contributed by atoms with van der Waals surface area (Å²) in [7, 11) is 1.70. The van der Waals surface area contributed by atoms with Crippen molar-refractivity contribution in [3.63, 3.8) is 0 Å². The maximum atomic E-state index is 11.3. The Kier molecular flexibility index (Phi) is 3.85. The van der Waals surface area contributed by atoms with Crippen molar-refractivity contribution < 1.29 is 18.7 Å². The van der Waals surface area contributed by atoms with Crippen LogP contribution in [0.3, 0.4) is 0 Å². The summed E-state index contributed by atoms with van der Waals surface area (Å²) in [5.74, 6) is 0.986. The van der Waals surface area contributed by atoms with Gasteiger partial charge >= 0.3 is 5.97 Å². The van der Waals surface area contributed by atoms with E-state index in [4.69, 9.17) is 13.9 Å². The molecule has 0 unspecified atom stereocenters. The molecular weight excluding hydrogens is 296 g/mol. The van der Waals surface area contributed by atoms with Crippen LogP contribution in [-0.2, 0) is 4.79 Å². The lowest BCUT2D eigenvalue weighted by atomic mass is 10.1. The van der Waals surface area contributed by atoms with Crippen LogP contribution in [0, 0.1) is 10.4 Å². The van der Waals surface area contributed by atoms with Gasteiger partial charge in [-0.15, -0.1) is 0 Å². The van der Waals surface area contributed by atoms with Crippen molar-refractivity contribution in [2.75, 3.05) is 7.11 Å². The highest BCUT2D eigenvalue weighted by Gasteiger charge is 2.04. The van der Waals surface area contributed by atoms with Crippen LogP contribution in [0.5, 0.6) is 11.5 Å². The first-order valence-corrected chi connectivity index (χ1v) is 6.97. The molecule has 0 amide bonds. The fraction of sp³-hybridized carbons (Fsp3) is 0.111. The number of carbonyl (C=O) groups is 1. The van der Waals surface area contributed by atoms with E-state index in [2.05, 4.69) is 12.1 Å². The van der Waals surface area contributed by atoms with Crippen LogP contribution in [0.2, 0.25) is 0 Å². The number of carbonyl (C=O) groups excluding carboxylic acids is 1. The minimum absolute atomic E-state index is 0.120. The Labute approximate surface area is 131 Å². The van der Waals surface area contributed by atoms with E-state index in [1.54, 1.807) is 19.2 Å². The Morgan fingerprint density at radius 3 is 2.43 bits per heavy atom. The molecule has 4 rings (SSSR count). The molecule has 0 fully saturated rings. The van der Waals surface area contributed by atoms with E-state index < -0.39 is 5.97 Å². The summed E-state index contributed by atoms with van der Waals surface area (Å²) in [6.45, 7) is 1.31. The summed E-state index contributed by atoms with van der Waals surface area (Å²) in [5, 5.41) is 3.09. The monoisotopic (exact) mass is 310 g/mol. The van der Waals surface area contributed by atoms with Crippen molar-refractivity contribution in [2.24, 2.45) is 0 Å². The quantitative estimate of drug-likeness (QED) is 0.420. The van der Waals surface area contributed by atoms with Gasteiger partial charge in [-0.2, -0.15) is 0 Å². The molecular formula is C18H14O5. The predicted octanol–water partition coefficient (Wildman–Crippen LogP) is 3.01. The summed E-state index contributed by atoms with van der Waals surface area (Å²) < 4.78 is 15.0. The summed E-state index contributed by atoms with van der Waals surface area (Å²) in [6.07, 6.45) is 1.31. The van der Waals surface area contributed by atoms with E-state index in [1.165, 1.54) is 35.8 Å². The first kappa shape index (κ1) is 14.8. The van der Waals surface area contributed by atoms with Crippen molar-refractivity contribution in [3.8, 4) is 11.5 Å². The van der Waals surface area contributed by atoms with E-state index in [-0.39, 0.29) is 5.43 Å².